The number of thiophene rings is 1. The summed E-state index contributed by atoms with van der Waals surface area (Å²) in [6, 6.07) is 11.5. The molecule has 0 saturated heterocycles. The maximum atomic E-state index is 12.5. The molecular weight excluding hydrogens is 338 g/mol. The van der Waals surface area contributed by atoms with E-state index in [1.54, 1.807) is 11.3 Å². The minimum absolute atomic E-state index is 0.262. The molecule has 6 heteroatoms. The Balaban J connectivity index is 1.81. The Morgan fingerprint density at radius 2 is 1.64 bits per heavy atom. The van der Waals surface area contributed by atoms with Gasteiger partial charge >= 0.3 is 11.9 Å². The Bertz CT molecular complexity index is 822. The van der Waals surface area contributed by atoms with Gasteiger partial charge in [0, 0.05) is 11.4 Å². The van der Waals surface area contributed by atoms with E-state index in [0.29, 0.717) is 17.7 Å². The predicted molar refractivity (Wildman–Crippen MR) is 92.8 cm³/mol. The molecule has 0 N–H and O–H groups in total. The van der Waals surface area contributed by atoms with Crippen molar-refractivity contribution in [1.29, 1.82) is 0 Å². The molecule has 0 aliphatic carbocycles. The molecule has 2 aliphatic heterocycles. The van der Waals surface area contributed by atoms with Crippen molar-refractivity contribution in [3.05, 3.63) is 68.9 Å². The Kier molecular flexibility index (Phi) is 3.94. The quantitative estimate of drug-likeness (QED) is 0.789. The molecule has 0 spiro atoms. The van der Waals surface area contributed by atoms with E-state index in [4.69, 9.17) is 9.47 Å². The zero-order chi connectivity index (χ0) is 17.6. The Morgan fingerprint density at radius 3 is 2.28 bits per heavy atom. The van der Waals surface area contributed by atoms with Crippen LogP contribution in [0.25, 0.3) is 0 Å². The molecule has 2 aromatic rings. The Morgan fingerprint density at radius 1 is 1.00 bits per heavy atom. The first-order valence-electron chi connectivity index (χ1n) is 7.95. The van der Waals surface area contributed by atoms with Gasteiger partial charge < -0.3 is 9.47 Å². The Hall–Kier alpha value is -2.44. The number of methoxy groups -OCH3 is 2. The number of carbonyl (C=O) groups excluding carboxylic acids is 2. The smallest absolute Gasteiger partial charge is 0.336 e. The normalized spacial score (nSPS) is 21.4. The van der Waals surface area contributed by atoms with Crippen molar-refractivity contribution >= 4 is 23.3 Å². The fourth-order valence-corrected chi connectivity index (χ4v) is 4.87. The van der Waals surface area contributed by atoms with Crippen molar-refractivity contribution in [2.75, 3.05) is 14.2 Å². The third-order valence-corrected chi connectivity index (χ3v) is 5.77. The van der Waals surface area contributed by atoms with Crippen molar-refractivity contribution in [3.63, 3.8) is 0 Å². The van der Waals surface area contributed by atoms with E-state index in [9.17, 15) is 9.59 Å². The van der Waals surface area contributed by atoms with Crippen molar-refractivity contribution < 1.29 is 19.1 Å². The lowest BCUT2D eigenvalue weighted by Crippen LogP contribution is -2.23. The van der Waals surface area contributed by atoms with E-state index in [0.717, 1.165) is 16.0 Å². The van der Waals surface area contributed by atoms with Gasteiger partial charge in [-0.2, -0.15) is 0 Å². The minimum Gasteiger partial charge on any atom is -0.466 e. The number of rotatable bonds is 4. The number of esters is 2. The molecule has 25 heavy (non-hydrogen) atoms. The number of hydrogen-bond donors (Lipinski definition) is 0. The summed E-state index contributed by atoms with van der Waals surface area (Å²) in [4.78, 5) is 28.2. The summed E-state index contributed by atoms with van der Waals surface area (Å²) in [6.07, 6.45) is 0. The highest BCUT2D eigenvalue weighted by atomic mass is 32.1. The molecule has 2 atom stereocenters. The molecule has 2 unspecified atom stereocenters. The summed E-state index contributed by atoms with van der Waals surface area (Å²) >= 11 is 1.61. The third kappa shape index (κ3) is 2.33. The fourth-order valence-electron chi connectivity index (χ4n) is 3.81. The van der Waals surface area contributed by atoms with Gasteiger partial charge in [0.05, 0.1) is 37.4 Å². The summed E-state index contributed by atoms with van der Waals surface area (Å²) in [7, 11) is 2.68. The number of ether oxygens (including phenoxy) is 2. The van der Waals surface area contributed by atoms with Crippen LogP contribution in [0.15, 0.2) is 52.9 Å². The van der Waals surface area contributed by atoms with Gasteiger partial charge in [-0.1, -0.05) is 30.3 Å². The van der Waals surface area contributed by atoms with Crippen LogP contribution in [-0.2, 0) is 25.6 Å². The summed E-state index contributed by atoms with van der Waals surface area (Å²) in [6.45, 7) is 0.637. The molecule has 5 nitrogen and oxygen atoms in total. The first-order chi connectivity index (χ1) is 12.2. The molecule has 0 saturated carbocycles. The lowest BCUT2D eigenvalue weighted by molar-refractivity contribution is -0.139. The number of carbonyl (C=O) groups is 2. The first-order valence-corrected chi connectivity index (χ1v) is 8.83. The summed E-state index contributed by atoms with van der Waals surface area (Å²) in [5, 5.41) is 2.00. The average Bonchev–Trinajstić information content (AvgIpc) is 3.31. The molecule has 2 aliphatic rings. The van der Waals surface area contributed by atoms with Gasteiger partial charge in [-0.15, -0.1) is 11.3 Å². The van der Waals surface area contributed by atoms with Gasteiger partial charge in [-0.3, -0.25) is 4.90 Å². The highest BCUT2D eigenvalue weighted by molar-refractivity contribution is 7.10. The summed E-state index contributed by atoms with van der Waals surface area (Å²) < 4.78 is 9.95. The van der Waals surface area contributed by atoms with E-state index in [1.807, 2.05) is 41.8 Å². The average molecular weight is 355 g/mol. The van der Waals surface area contributed by atoms with Crippen molar-refractivity contribution in [3.8, 4) is 0 Å². The van der Waals surface area contributed by atoms with E-state index < -0.39 is 11.9 Å². The first kappa shape index (κ1) is 16.1. The number of nitrogens with zero attached hydrogens (tertiary/aromatic N) is 1. The monoisotopic (exact) mass is 355 g/mol. The molecule has 1 aromatic heterocycles. The van der Waals surface area contributed by atoms with E-state index in [-0.39, 0.29) is 12.1 Å². The number of hydrogen-bond acceptors (Lipinski definition) is 6. The number of benzene rings is 1. The molecule has 2 bridgehead atoms. The lowest BCUT2D eigenvalue weighted by Gasteiger charge is -2.24. The van der Waals surface area contributed by atoms with Crippen molar-refractivity contribution in [2.45, 2.75) is 18.6 Å². The maximum absolute atomic E-state index is 12.5. The van der Waals surface area contributed by atoms with Crippen LogP contribution in [0.5, 0.6) is 0 Å². The molecule has 1 aromatic carbocycles. The fraction of sp³-hybridized carbons (Fsp3) is 0.263. The summed E-state index contributed by atoms with van der Waals surface area (Å²) in [5.74, 6) is -0.937. The van der Waals surface area contributed by atoms with Gasteiger partial charge in [-0.25, -0.2) is 9.59 Å². The van der Waals surface area contributed by atoms with Crippen molar-refractivity contribution in [2.24, 2.45) is 0 Å². The molecule has 3 heterocycles. The highest BCUT2D eigenvalue weighted by Crippen LogP contribution is 2.58. The SMILES string of the molecule is COC(=O)C1=C(C(=O)OC)C2c3sccc3C1N2Cc1ccccc1. The van der Waals surface area contributed by atoms with Crippen LogP contribution < -0.4 is 0 Å². The van der Waals surface area contributed by atoms with Crippen LogP contribution in [0.3, 0.4) is 0 Å². The second-order valence-corrected chi connectivity index (χ2v) is 6.96. The maximum Gasteiger partial charge on any atom is 0.336 e. The van der Waals surface area contributed by atoms with Crippen LogP contribution in [-0.4, -0.2) is 31.1 Å². The molecule has 0 fully saturated rings. The van der Waals surface area contributed by atoms with Crippen LogP contribution >= 0.6 is 11.3 Å². The predicted octanol–water partition coefficient (Wildman–Crippen LogP) is 3.00. The second kappa shape index (κ2) is 6.13. The molecule has 4 rings (SSSR count). The molecule has 0 radical (unpaired) electrons. The van der Waals surface area contributed by atoms with Gasteiger partial charge in [0.1, 0.15) is 0 Å². The van der Waals surface area contributed by atoms with Gasteiger partial charge in [-0.05, 0) is 22.6 Å². The van der Waals surface area contributed by atoms with E-state index in [2.05, 4.69) is 4.90 Å². The van der Waals surface area contributed by atoms with Crippen LogP contribution in [0.2, 0.25) is 0 Å². The van der Waals surface area contributed by atoms with Gasteiger partial charge in [0.2, 0.25) is 0 Å². The lowest BCUT2D eigenvalue weighted by atomic mass is 9.91. The third-order valence-electron chi connectivity index (χ3n) is 4.79. The van der Waals surface area contributed by atoms with Crippen LogP contribution in [0.4, 0.5) is 0 Å². The van der Waals surface area contributed by atoms with Gasteiger partial charge in [0.25, 0.3) is 0 Å². The van der Waals surface area contributed by atoms with E-state index >= 15 is 0 Å². The topological polar surface area (TPSA) is 55.8 Å². The zero-order valence-corrected chi connectivity index (χ0v) is 14.7. The highest BCUT2D eigenvalue weighted by Gasteiger charge is 2.55. The standard InChI is InChI=1S/C19H17NO4S/c1-23-18(21)13-14(19(22)24-2)16-17-12(8-9-25-17)15(13)20(16)10-11-6-4-3-5-7-11/h3-9,15-16H,10H2,1-2H3. The largest absolute Gasteiger partial charge is 0.466 e. The molecule has 128 valence electrons. The van der Waals surface area contributed by atoms with Crippen LogP contribution in [0.1, 0.15) is 28.1 Å². The molecule has 0 amide bonds. The molecular formula is C19H17NO4S. The zero-order valence-electron chi connectivity index (χ0n) is 13.9. The van der Waals surface area contributed by atoms with Crippen molar-refractivity contribution in [1.82, 2.24) is 4.90 Å². The van der Waals surface area contributed by atoms with E-state index in [1.165, 1.54) is 14.2 Å². The van der Waals surface area contributed by atoms with Gasteiger partial charge in [0.15, 0.2) is 0 Å². The summed E-state index contributed by atoms with van der Waals surface area (Å²) in [5.41, 5.74) is 3.02. The Labute approximate surface area is 149 Å². The second-order valence-electron chi connectivity index (χ2n) is 6.01. The minimum atomic E-state index is -0.470. The van der Waals surface area contributed by atoms with Crippen LogP contribution in [0, 0.1) is 0 Å². The number of fused-ring (bicyclic) bond motifs is 5.